The zero-order valence-corrected chi connectivity index (χ0v) is 17.6. The number of hydrogen-bond donors (Lipinski definition) is 2. The maximum atomic E-state index is 11.2. The van der Waals surface area contributed by atoms with Crippen molar-refractivity contribution in [3.63, 3.8) is 0 Å². The maximum Gasteiger partial charge on any atom is 0.307 e. The Morgan fingerprint density at radius 2 is 1.84 bits per heavy atom. The van der Waals surface area contributed by atoms with Crippen LogP contribution in [0.4, 0.5) is 0 Å². The van der Waals surface area contributed by atoms with E-state index in [0.29, 0.717) is 24.5 Å². The molecular formula is C26H25NO4. The zero-order chi connectivity index (χ0) is 22.0. The lowest BCUT2D eigenvalue weighted by Crippen LogP contribution is -2.04. The second kappa shape index (κ2) is 8.66. The van der Waals surface area contributed by atoms with Crippen LogP contribution in [-0.4, -0.2) is 11.1 Å². The van der Waals surface area contributed by atoms with Crippen LogP contribution in [0.25, 0.3) is 22.1 Å². The molecule has 0 atom stereocenters. The Balaban J connectivity index is 1.74. The maximum absolute atomic E-state index is 11.2. The van der Waals surface area contributed by atoms with Crippen molar-refractivity contribution in [2.75, 3.05) is 0 Å². The molecule has 3 N–H and O–H groups in total. The number of carboxylic acid groups (broad SMARTS) is 1. The molecule has 1 heterocycles. The first kappa shape index (κ1) is 20.7. The highest BCUT2D eigenvalue weighted by molar-refractivity contribution is 5.95. The van der Waals surface area contributed by atoms with E-state index in [-0.39, 0.29) is 6.42 Å². The Kier molecular flexibility index (Phi) is 5.78. The largest absolute Gasteiger partial charge is 0.489 e. The molecule has 4 aromatic rings. The first-order valence-corrected chi connectivity index (χ1v) is 10.2. The van der Waals surface area contributed by atoms with Crippen LogP contribution in [0.5, 0.6) is 5.75 Å². The van der Waals surface area contributed by atoms with Gasteiger partial charge in [-0.05, 0) is 60.4 Å². The SMILES string of the molecule is Cc1oc2c(-c3cccc(CN)c3)cc(COc3ccccc3CC(=O)O)cc2c1C. The molecule has 0 saturated carbocycles. The van der Waals surface area contributed by atoms with Gasteiger partial charge in [-0.15, -0.1) is 0 Å². The van der Waals surface area contributed by atoms with Crippen LogP contribution in [-0.2, 0) is 24.4 Å². The summed E-state index contributed by atoms with van der Waals surface area (Å²) in [6, 6.07) is 19.5. The third-order valence-corrected chi connectivity index (χ3v) is 5.52. The van der Waals surface area contributed by atoms with Gasteiger partial charge in [0.15, 0.2) is 0 Å². The fourth-order valence-electron chi connectivity index (χ4n) is 3.77. The van der Waals surface area contributed by atoms with Gasteiger partial charge in [0.2, 0.25) is 0 Å². The molecule has 0 spiro atoms. The highest BCUT2D eigenvalue weighted by Gasteiger charge is 2.16. The lowest BCUT2D eigenvalue weighted by atomic mass is 9.97. The Bertz CT molecular complexity index is 1260. The highest BCUT2D eigenvalue weighted by atomic mass is 16.5. The molecule has 0 saturated heterocycles. The molecule has 1 aromatic heterocycles. The minimum absolute atomic E-state index is 0.0770. The standard InChI is InChI=1S/C26H25NO4/c1-16-17(2)31-26-22(16)11-19(12-23(26)20-8-5-6-18(10-20)14-27)15-30-24-9-4-3-7-21(24)13-25(28)29/h3-12H,13-15,27H2,1-2H3,(H,28,29). The molecule has 31 heavy (non-hydrogen) atoms. The first-order chi connectivity index (χ1) is 15.0. The molecule has 158 valence electrons. The molecule has 0 unspecified atom stereocenters. The summed E-state index contributed by atoms with van der Waals surface area (Å²) in [5.74, 6) is 0.580. The number of nitrogens with two attached hydrogens (primary N) is 1. The molecule has 3 aromatic carbocycles. The van der Waals surface area contributed by atoms with Crippen molar-refractivity contribution in [2.24, 2.45) is 5.73 Å². The summed E-state index contributed by atoms with van der Waals surface area (Å²) in [5.41, 5.74) is 12.5. The van der Waals surface area contributed by atoms with Crippen LogP contribution in [0.15, 0.2) is 65.1 Å². The summed E-state index contributed by atoms with van der Waals surface area (Å²) in [6.45, 7) is 4.80. The molecule has 5 nitrogen and oxygen atoms in total. The van der Waals surface area contributed by atoms with E-state index < -0.39 is 5.97 Å². The highest BCUT2D eigenvalue weighted by Crippen LogP contribution is 2.35. The van der Waals surface area contributed by atoms with E-state index in [1.165, 1.54) is 0 Å². The fourth-order valence-corrected chi connectivity index (χ4v) is 3.77. The van der Waals surface area contributed by atoms with Gasteiger partial charge in [-0.3, -0.25) is 4.79 Å². The average Bonchev–Trinajstić information content (AvgIpc) is 3.06. The quantitative estimate of drug-likeness (QED) is 0.423. The number of hydrogen-bond acceptors (Lipinski definition) is 4. The molecule has 0 radical (unpaired) electrons. The summed E-state index contributed by atoms with van der Waals surface area (Å²) in [6.07, 6.45) is -0.0770. The van der Waals surface area contributed by atoms with E-state index >= 15 is 0 Å². The number of para-hydroxylation sites is 1. The fraction of sp³-hybridized carbons (Fsp3) is 0.192. The van der Waals surface area contributed by atoms with E-state index in [2.05, 4.69) is 18.2 Å². The molecule has 4 rings (SSSR count). The second-order valence-electron chi connectivity index (χ2n) is 7.67. The van der Waals surface area contributed by atoms with Crippen LogP contribution < -0.4 is 10.5 Å². The number of benzene rings is 3. The normalized spacial score (nSPS) is 11.1. The number of fused-ring (bicyclic) bond motifs is 1. The van der Waals surface area contributed by atoms with Gasteiger partial charge < -0.3 is 20.0 Å². The van der Waals surface area contributed by atoms with Gasteiger partial charge in [-0.25, -0.2) is 0 Å². The Labute approximate surface area is 181 Å². The van der Waals surface area contributed by atoms with Crippen molar-refractivity contribution in [3.8, 4) is 16.9 Å². The van der Waals surface area contributed by atoms with Gasteiger partial charge in [-0.2, -0.15) is 0 Å². The van der Waals surface area contributed by atoms with Gasteiger partial charge >= 0.3 is 5.97 Å². The number of aryl methyl sites for hydroxylation is 2. The summed E-state index contributed by atoms with van der Waals surface area (Å²) in [4.78, 5) is 11.2. The number of aliphatic carboxylic acids is 1. The minimum Gasteiger partial charge on any atom is -0.489 e. The predicted octanol–water partition coefficient (Wildman–Crippen LogP) is 5.38. The molecular weight excluding hydrogens is 390 g/mol. The minimum atomic E-state index is -0.885. The second-order valence-corrected chi connectivity index (χ2v) is 7.67. The van der Waals surface area contributed by atoms with Crippen LogP contribution in [0.3, 0.4) is 0 Å². The van der Waals surface area contributed by atoms with Crippen LogP contribution >= 0.6 is 0 Å². The van der Waals surface area contributed by atoms with Crippen LogP contribution in [0.1, 0.15) is 28.0 Å². The van der Waals surface area contributed by atoms with Gasteiger partial charge in [0.1, 0.15) is 23.7 Å². The van der Waals surface area contributed by atoms with Crippen molar-refractivity contribution in [1.82, 2.24) is 0 Å². The van der Waals surface area contributed by atoms with E-state index in [0.717, 1.165) is 44.5 Å². The summed E-state index contributed by atoms with van der Waals surface area (Å²) < 4.78 is 12.1. The average molecular weight is 415 g/mol. The van der Waals surface area contributed by atoms with E-state index in [9.17, 15) is 4.79 Å². The topological polar surface area (TPSA) is 85.7 Å². The molecule has 5 heteroatoms. The number of carboxylic acids is 1. The Hall–Kier alpha value is -3.57. The van der Waals surface area contributed by atoms with E-state index in [4.69, 9.17) is 20.0 Å². The molecule has 0 aliphatic rings. The molecule has 0 aliphatic heterocycles. The monoisotopic (exact) mass is 415 g/mol. The van der Waals surface area contributed by atoms with Crippen LogP contribution in [0, 0.1) is 13.8 Å². The number of rotatable bonds is 7. The Morgan fingerprint density at radius 3 is 2.61 bits per heavy atom. The first-order valence-electron chi connectivity index (χ1n) is 10.2. The third kappa shape index (κ3) is 4.32. The molecule has 0 amide bonds. The summed E-state index contributed by atoms with van der Waals surface area (Å²) in [7, 11) is 0. The number of furan rings is 1. The lowest BCUT2D eigenvalue weighted by Gasteiger charge is -2.12. The van der Waals surface area contributed by atoms with E-state index in [1.807, 2.05) is 44.2 Å². The smallest absolute Gasteiger partial charge is 0.307 e. The van der Waals surface area contributed by atoms with Gasteiger partial charge in [-0.1, -0.05) is 36.4 Å². The van der Waals surface area contributed by atoms with Crippen molar-refractivity contribution in [3.05, 3.63) is 88.7 Å². The van der Waals surface area contributed by atoms with Crippen molar-refractivity contribution in [2.45, 2.75) is 33.4 Å². The number of ether oxygens (including phenoxy) is 1. The predicted molar refractivity (Wildman–Crippen MR) is 121 cm³/mol. The van der Waals surface area contributed by atoms with Crippen molar-refractivity contribution in [1.29, 1.82) is 0 Å². The van der Waals surface area contributed by atoms with E-state index in [1.54, 1.807) is 12.1 Å². The van der Waals surface area contributed by atoms with Gasteiger partial charge in [0.25, 0.3) is 0 Å². The lowest BCUT2D eigenvalue weighted by molar-refractivity contribution is -0.136. The van der Waals surface area contributed by atoms with Crippen molar-refractivity contribution >= 4 is 16.9 Å². The summed E-state index contributed by atoms with van der Waals surface area (Å²) >= 11 is 0. The third-order valence-electron chi connectivity index (χ3n) is 5.52. The molecule has 0 aliphatic carbocycles. The van der Waals surface area contributed by atoms with Crippen molar-refractivity contribution < 1.29 is 19.1 Å². The van der Waals surface area contributed by atoms with Gasteiger partial charge in [0, 0.05) is 23.1 Å². The molecule has 0 bridgehead atoms. The van der Waals surface area contributed by atoms with Crippen LogP contribution in [0.2, 0.25) is 0 Å². The molecule has 0 fully saturated rings. The summed E-state index contributed by atoms with van der Waals surface area (Å²) in [5, 5.41) is 10.2. The zero-order valence-electron chi connectivity index (χ0n) is 17.6. The van der Waals surface area contributed by atoms with Gasteiger partial charge in [0.05, 0.1) is 6.42 Å². The number of carbonyl (C=O) groups is 1. The Morgan fingerprint density at radius 1 is 1.03 bits per heavy atom.